The van der Waals surface area contributed by atoms with Crippen LogP contribution in [-0.2, 0) is 7.05 Å². The zero-order chi connectivity index (χ0) is 21.5. The molecule has 30 heavy (non-hydrogen) atoms. The molecular formula is C20H21FN6O3. The summed E-state index contributed by atoms with van der Waals surface area (Å²) in [6, 6.07) is 4.41. The van der Waals surface area contributed by atoms with Crippen LogP contribution in [0.15, 0.2) is 30.6 Å². The number of aliphatic hydroxyl groups is 1. The SMILES string of the molecule is Cn1nc(-c2cnc3[nH]cc(OC(=O)NCC(C)(C)CO)c3n2)c2ccc(F)cc21. The summed E-state index contributed by atoms with van der Waals surface area (Å²) in [5.74, 6) is -0.139. The van der Waals surface area contributed by atoms with Crippen molar-refractivity contribution >= 4 is 28.2 Å². The summed E-state index contributed by atoms with van der Waals surface area (Å²) in [5, 5.41) is 17.1. The first-order valence-electron chi connectivity index (χ1n) is 9.31. The Morgan fingerprint density at radius 2 is 2.20 bits per heavy atom. The Hall–Kier alpha value is -3.53. The number of aryl methyl sites for hydroxylation is 1. The molecule has 156 valence electrons. The van der Waals surface area contributed by atoms with E-state index in [0.717, 1.165) is 5.39 Å². The molecule has 10 heteroatoms. The third-order valence-corrected chi connectivity index (χ3v) is 4.74. The van der Waals surface area contributed by atoms with E-state index in [1.165, 1.54) is 18.3 Å². The van der Waals surface area contributed by atoms with Crippen LogP contribution < -0.4 is 10.1 Å². The van der Waals surface area contributed by atoms with Crippen molar-refractivity contribution in [3.63, 3.8) is 0 Å². The van der Waals surface area contributed by atoms with Crippen molar-refractivity contribution in [2.45, 2.75) is 13.8 Å². The minimum Gasteiger partial charge on any atom is -0.406 e. The van der Waals surface area contributed by atoms with Crippen LogP contribution in [0.3, 0.4) is 0 Å². The number of nitrogens with one attached hydrogen (secondary N) is 2. The number of carbonyl (C=O) groups is 1. The van der Waals surface area contributed by atoms with Crippen molar-refractivity contribution in [1.82, 2.24) is 30.0 Å². The normalized spacial score (nSPS) is 11.9. The van der Waals surface area contributed by atoms with Gasteiger partial charge >= 0.3 is 6.09 Å². The number of hydrogen-bond acceptors (Lipinski definition) is 6. The molecule has 0 saturated heterocycles. The molecule has 0 saturated carbocycles. The zero-order valence-electron chi connectivity index (χ0n) is 16.7. The van der Waals surface area contributed by atoms with Crippen molar-refractivity contribution in [1.29, 1.82) is 0 Å². The minimum absolute atomic E-state index is 0.0723. The van der Waals surface area contributed by atoms with Gasteiger partial charge in [0.2, 0.25) is 0 Å². The van der Waals surface area contributed by atoms with Crippen LogP contribution in [0.4, 0.5) is 9.18 Å². The summed E-state index contributed by atoms with van der Waals surface area (Å²) >= 11 is 0. The van der Waals surface area contributed by atoms with Crippen LogP contribution in [0, 0.1) is 11.2 Å². The van der Waals surface area contributed by atoms with Gasteiger partial charge in [-0.25, -0.2) is 19.2 Å². The van der Waals surface area contributed by atoms with Gasteiger partial charge < -0.3 is 20.1 Å². The summed E-state index contributed by atoms with van der Waals surface area (Å²) in [5.41, 5.74) is 1.98. The molecule has 0 aliphatic rings. The van der Waals surface area contributed by atoms with Crippen molar-refractivity contribution in [2.75, 3.05) is 13.2 Å². The maximum absolute atomic E-state index is 13.6. The highest BCUT2D eigenvalue weighted by Gasteiger charge is 2.20. The second-order valence-electron chi connectivity index (χ2n) is 7.80. The first-order chi connectivity index (χ1) is 14.3. The van der Waals surface area contributed by atoms with Crippen LogP contribution >= 0.6 is 0 Å². The largest absolute Gasteiger partial charge is 0.412 e. The number of amides is 1. The predicted octanol–water partition coefficient (Wildman–Crippen LogP) is 2.76. The van der Waals surface area contributed by atoms with Gasteiger partial charge in [-0.05, 0) is 18.2 Å². The van der Waals surface area contributed by atoms with E-state index in [2.05, 4.69) is 25.4 Å². The Labute approximate surface area is 170 Å². The van der Waals surface area contributed by atoms with Gasteiger partial charge in [-0.15, -0.1) is 0 Å². The second kappa shape index (κ2) is 7.38. The molecule has 0 atom stereocenters. The van der Waals surface area contributed by atoms with E-state index >= 15 is 0 Å². The van der Waals surface area contributed by atoms with Crippen molar-refractivity contribution in [2.24, 2.45) is 12.5 Å². The number of fused-ring (bicyclic) bond motifs is 2. The van der Waals surface area contributed by atoms with Crippen LogP contribution in [0.25, 0.3) is 33.5 Å². The predicted molar refractivity (Wildman–Crippen MR) is 108 cm³/mol. The maximum Gasteiger partial charge on any atom is 0.412 e. The summed E-state index contributed by atoms with van der Waals surface area (Å²) in [4.78, 5) is 24.0. The molecule has 4 aromatic rings. The Balaban J connectivity index is 1.65. The maximum atomic E-state index is 13.6. The minimum atomic E-state index is -0.664. The fraction of sp³-hybridized carbons (Fsp3) is 0.300. The molecule has 3 heterocycles. The van der Waals surface area contributed by atoms with Gasteiger partial charge in [0.15, 0.2) is 16.9 Å². The Morgan fingerprint density at radius 3 is 2.97 bits per heavy atom. The number of hydrogen-bond donors (Lipinski definition) is 3. The van der Waals surface area contributed by atoms with E-state index in [0.29, 0.717) is 28.1 Å². The van der Waals surface area contributed by atoms with Gasteiger partial charge in [0.05, 0.1) is 11.7 Å². The second-order valence-corrected chi connectivity index (χ2v) is 7.80. The molecule has 0 fully saturated rings. The molecule has 0 spiro atoms. The Bertz CT molecular complexity index is 1250. The number of carbonyl (C=O) groups excluding carboxylic acids is 1. The molecule has 4 rings (SSSR count). The Morgan fingerprint density at radius 1 is 1.40 bits per heavy atom. The highest BCUT2D eigenvalue weighted by molar-refractivity contribution is 5.93. The molecule has 0 radical (unpaired) electrons. The lowest BCUT2D eigenvalue weighted by molar-refractivity contribution is 0.150. The quantitative estimate of drug-likeness (QED) is 0.464. The average Bonchev–Trinajstić information content (AvgIpc) is 3.27. The number of aromatic nitrogens is 5. The third kappa shape index (κ3) is 3.69. The smallest absolute Gasteiger partial charge is 0.406 e. The number of ether oxygens (including phenoxy) is 1. The summed E-state index contributed by atoms with van der Waals surface area (Å²) < 4.78 is 20.5. The summed E-state index contributed by atoms with van der Waals surface area (Å²) in [7, 11) is 1.72. The van der Waals surface area contributed by atoms with Crippen LogP contribution in [0.1, 0.15) is 13.8 Å². The van der Waals surface area contributed by atoms with E-state index in [1.807, 2.05) is 13.8 Å². The average molecular weight is 412 g/mol. The molecule has 3 N–H and O–H groups in total. The molecular weight excluding hydrogens is 391 g/mol. The number of rotatable bonds is 5. The summed E-state index contributed by atoms with van der Waals surface area (Å²) in [6.45, 7) is 3.81. The fourth-order valence-corrected chi connectivity index (χ4v) is 2.98. The monoisotopic (exact) mass is 412 g/mol. The molecule has 1 amide bonds. The molecule has 0 aliphatic carbocycles. The van der Waals surface area contributed by atoms with E-state index in [1.54, 1.807) is 24.0 Å². The van der Waals surface area contributed by atoms with Gasteiger partial charge in [0.1, 0.15) is 17.2 Å². The molecule has 0 unspecified atom stereocenters. The van der Waals surface area contributed by atoms with Crippen LogP contribution in [0.5, 0.6) is 5.75 Å². The lowest BCUT2D eigenvalue weighted by Gasteiger charge is -2.21. The lowest BCUT2D eigenvalue weighted by Crippen LogP contribution is -2.37. The van der Waals surface area contributed by atoms with Crippen LogP contribution in [0.2, 0.25) is 0 Å². The number of aliphatic hydroxyl groups excluding tert-OH is 1. The molecule has 0 bridgehead atoms. The first kappa shape index (κ1) is 19.8. The number of aromatic amines is 1. The van der Waals surface area contributed by atoms with E-state index in [-0.39, 0.29) is 24.7 Å². The number of H-pyrrole nitrogens is 1. The topological polar surface area (TPSA) is 118 Å². The molecule has 3 aromatic heterocycles. The zero-order valence-corrected chi connectivity index (χ0v) is 16.7. The van der Waals surface area contributed by atoms with Gasteiger partial charge in [-0.1, -0.05) is 13.8 Å². The highest BCUT2D eigenvalue weighted by Crippen LogP contribution is 2.29. The van der Waals surface area contributed by atoms with E-state index in [9.17, 15) is 14.3 Å². The van der Waals surface area contributed by atoms with Crippen molar-refractivity contribution in [3.05, 3.63) is 36.4 Å². The van der Waals surface area contributed by atoms with Gasteiger partial charge in [0.25, 0.3) is 0 Å². The van der Waals surface area contributed by atoms with Gasteiger partial charge in [-0.3, -0.25) is 4.68 Å². The Kier molecular flexibility index (Phi) is 4.86. The highest BCUT2D eigenvalue weighted by atomic mass is 19.1. The summed E-state index contributed by atoms with van der Waals surface area (Å²) in [6.07, 6.45) is 2.39. The standard InChI is InChI=1S/C20H21FN6O3/c1-20(2,10-28)9-24-19(29)30-15-8-23-18-17(15)25-13(7-22-18)16-12-5-4-11(21)6-14(12)27(3)26-16/h4-8,28H,9-10H2,1-3H3,(H,22,23)(H,24,29). The van der Waals surface area contributed by atoms with Crippen LogP contribution in [-0.4, -0.2) is 49.1 Å². The van der Waals surface area contributed by atoms with E-state index in [4.69, 9.17) is 4.74 Å². The van der Waals surface area contributed by atoms with Crippen molar-refractivity contribution < 1.29 is 19.0 Å². The third-order valence-electron chi connectivity index (χ3n) is 4.74. The molecule has 0 aliphatic heterocycles. The number of nitrogens with zero attached hydrogens (tertiary/aromatic N) is 4. The number of benzene rings is 1. The lowest BCUT2D eigenvalue weighted by atomic mass is 9.95. The molecule has 1 aromatic carbocycles. The van der Waals surface area contributed by atoms with E-state index < -0.39 is 11.5 Å². The number of halogens is 1. The van der Waals surface area contributed by atoms with Gasteiger partial charge in [-0.2, -0.15) is 5.10 Å². The fourth-order valence-electron chi connectivity index (χ4n) is 2.98. The molecule has 9 nitrogen and oxygen atoms in total. The van der Waals surface area contributed by atoms with Gasteiger partial charge in [0, 0.05) is 37.2 Å². The van der Waals surface area contributed by atoms with Crippen molar-refractivity contribution in [3.8, 4) is 17.1 Å². The first-order valence-corrected chi connectivity index (χ1v) is 9.31.